The van der Waals surface area contributed by atoms with Crippen LogP contribution < -0.4 is 5.56 Å². The maximum atomic E-state index is 12.7. The zero-order chi connectivity index (χ0) is 13.5. The van der Waals surface area contributed by atoms with Gasteiger partial charge in [0.15, 0.2) is 4.96 Å². The first-order valence-electron chi connectivity index (χ1n) is 6.29. The summed E-state index contributed by atoms with van der Waals surface area (Å²) in [5.41, 5.74) is 2.66. The fraction of sp³-hybridized carbons (Fsp3) is 0. The van der Waals surface area contributed by atoms with E-state index in [2.05, 4.69) is 4.98 Å². The molecule has 0 saturated carbocycles. The first-order valence-corrected chi connectivity index (χ1v) is 7.17. The molecule has 0 amide bonds. The predicted octanol–water partition coefficient (Wildman–Crippen LogP) is 3.58. The molecule has 0 N–H and O–H groups in total. The molecule has 4 aromatic rings. The largest absolute Gasteiger partial charge is 0.268 e. The lowest BCUT2D eigenvalue weighted by atomic mass is 10.2. The number of rotatable bonds is 1. The standard InChI is InChI=1S/C16H10N2OS/c19-15-12-8-4-5-9-13(12)17-16-18(15)14(10-20-16)11-6-2-1-3-7-11/h1-10H. The maximum Gasteiger partial charge on any atom is 0.266 e. The normalized spacial score (nSPS) is 11.2. The van der Waals surface area contributed by atoms with Gasteiger partial charge in [-0.1, -0.05) is 42.5 Å². The molecule has 4 rings (SSSR count). The third-order valence-electron chi connectivity index (χ3n) is 3.33. The van der Waals surface area contributed by atoms with Gasteiger partial charge in [-0.25, -0.2) is 4.98 Å². The molecule has 4 heteroatoms. The van der Waals surface area contributed by atoms with Gasteiger partial charge in [0.05, 0.1) is 16.6 Å². The van der Waals surface area contributed by atoms with Crippen LogP contribution in [0.1, 0.15) is 0 Å². The maximum absolute atomic E-state index is 12.7. The van der Waals surface area contributed by atoms with Gasteiger partial charge in [0, 0.05) is 5.38 Å². The van der Waals surface area contributed by atoms with E-state index in [1.165, 1.54) is 11.3 Å². The summed E-state index contributed by atoms with van der Waals surface area (Å²) in [5, 5.41) is 2.64. The van der Waals surface area contributed by atoms with Crippen molar-refractivity contribution < 1.29 is 0 Å². The topological polar surface area (TPSA) is 34.4 Å². The van der Waals surface area contributed by atoms with Gasteiger partial charge in [-0.05, 0) is 17.7 Å². The molecule has 0 aliphatic rings. The molecule has 0 spiro atoms. The SMILES string of the molecule is O=c1c2ccccc2nc2scc(-c3ccccc3)n12. The van der Waals surface area contributed by atoms with Crippen LogP contribution in [0.5, 0.6) is 0 Å². The van der Waals surface area contributed by atoms with Crippen LogP contribution in [0.25, 0.3) is 27.1 Å². The van der Waals surface area contributed by atoms with Gasteiger partial charge in [0.2, 0.25) is 0 Å². The molecule has 0 unspecified atom stereocenters. The van der Waals surface area contributed by atoms with Gasteiger partial charge in [-0.3, -0.25) is 9.20 Å². The van der Waals surface area contributed by atoms with Crippen molar-refractivity contribution >= 4 is 27.2 Å². The Morgan fingerprint density at radius 1 is 0.950 bits per heavy atom. The summed E-state index contributed by atoms with van der Waals surface area (Å²) in [6.07, 6.45) is 0. The third kappa shape index (κ3) is 1.58. The number of hydrogen-bond donors (Lipinski definition) is 0. The highest BCUT2D eigenvalue weighted by Gasteiger charge is 2.11. The van der Waals surface area contributed by atoms with E-state index < -0.39 is 0 Å². The number of fused-ring (bicyclic) bond motifs is 2. The van der Waals surface area contributed by atoms with Crippen molar-refractivity contribution in [3.8, 4) is 11.3 Å². The summed E-state index contributed by atoms with van der Waals surface area (Å²) < 4.78 is 1.70. The third-order valence-corrected chi connectivity index (χ3v) is 4.16. The monoisotopic (exact) mass is 278 g/mol. The van der Waals surface area contributed by atoms with Crippen molar-refractivity contribution in [2.24, 2.45) is 0 Å². The molecule has 0 aliphatic carbocycles. The van der Waals surface area contributed by atoms with Crippen molar-refractivity contribution in [3.63, 3.8) is 0 Å². The molecule has 2 heterocycles. The molecular formula is C16H10N2OS. The summed E-state index contributed by atoms with van der Waals surface area (Å²) in [7, 11) is 0. The predicted molar refractivity (Wildman–Crippen MR) is 82.3 cm³/mol. The van der Waals surface area contributed by atoms with E-state index in [0.29, 0.717) is 5.39 Å². The van der Waals surface area contributed by atoms with Gasteiger partial charge in [-0.2, -0.15) is 0 Å². The average molecular weight is 278 g/mol. The Labute approximate surface area is 118 Å². The minimum atomic E-state index is -0.00861. The molecular weight excluding hydrogens is 268 g/mol. The summed E-state index contributed by atoms with van der Waals surface area (Å²) in [6.45, 7) is 0. The van der Waals surface area contributed by atoms with Gasteiger partial charge in [0.1, 0.15) is 0 Å². The van der Waals surface area contributed by atoms with Gasteiger partial charge >= 0.3 is 0 Å². The first kappa shape index (κ1) is 11.4. The zero-order valence-corrected chi connectivity index (χ0v) is 11.3. The highest BCUT2D eigenvalue weighted by atomic mass is 32.1. The number of thiazole rings is 1. The van der Waals surface area contributed by atoms with Gasteiger partial charge < -0.3 is 0 Å². The van der Waals surface area contributed by atoms with Crippen LogP contribution in [-0.2, 0) is 0 Å². The van der Waals surface area contributed by atoms with E-state index in [4.69, 9.17) is 0 Å². The number of hydrogen-bond acceptors (Lipinski definition) is 3. The molecule has 0 bridgehead atoms. The molecule has 96 valence electrons. The Hall–Kier alpha value is -2.46. The minimum Gasteiger partial charge on any atom is -0.268 e. The van der Waals surface area contributed by atoms with Crippen LogP contribution in [0.2, 0.25) is 0 Å². The van der Waals surface area contributed by atoms with Crippen LogP contribution >= 0.6 is 11.3 Å². The Morgan fingerprint density at radius 3 is 2.55 bits per heavy atom. The van der Waals surface area contributed by atoms with E-state index in [-0.39, 0.29) is 5.56 Å². The Morgan fingerprint density at radius 2 is 1.70 bits per heavy atom. The van der Waals surface area contributed by atoms with Crippen molar-refractivity contribution in [1.82, 2.24) is 9.38 Å². The van der Waals surface area contributed by atoms with E-state index in [9.17, 15) is 4.79 Å². The van der Waals surface area contributed by atoms with E-state index in [0.717, 1.165) is 21.7 Å². The minimum absolute atomic E-state index is 0.00861. The molecule has 2 aromatic heterocycles. The van der Waals surface area contributed by atoms with Crippen molar-refractivity contribution in [1.29, 1.82) is 0 Å². The van der Waals surface area contributed by atoms with E-state index in [1.807, 2.05) is 60.0 Å². The van der Waals surface area contributed by atoms with Gasteiger partial charge in [-0.15, -0.1) is 11.3 Å². The molecule has 3 nitrogen and oxygen atoms in total. The second-order valence-electron chi connectivity index (χ2n) is 4.54. The van der Waals surface area contributed by atoms with Crippen LogP contribution in [0.15, 0.2) is 64.8 Å². The van der Waals surface area contributed by atoms with E-state index in [1.54, 1.807) is 4.40 Å². The molecule has 2 aromatic carbocycles. The summed E-state index contributed by atoms with van der Waals surface area (Å²) >= 11 is 1.49. The smallest absolute Gasteiger partial charge is 0.266 e. The lowest BCUT2D eigenvalue weighted by Gasteiger charge is -2.02. The number of benzene rings is 2. The molecule has 0 fully saturated rings. The van der Waals surface area contributed by atoms with Crippen molar-refractivity contribution in [3.05, 3.63) is 70.3 Å². The number of aromatic nitrogens is 2. The van der Waals surface area contributed by atoms with Gasteiger partial charge in [0.25, 0.3) is 5.56 Å². The number of nitrogens with zero attached hydrogens (tertiary/aromatic N) is 2. The van der Waals surface area contributed by atoms with Crippen LogP contribution in [0, 0.1) is 0 Å². The second kappa shape index (κ2) is 4.28. The molecule has 0 saturated heterocycles. The lowest BCUT2D eigenvalue weighted by molar-refractivity contribution is 1.12. The van der Waals surface area contributed by atoms with Crippen LogP contribution in [0.4, 0.5) is 0 Å². The molecule has 0 atom stereocenters. The second-order valence-corrected chi connectivity index (χ2v) is 5.38. The Balaban J connectivity index is 2.16. The van der Waals surface area contributed by atoms with Crippen molar-refractivity contribution in [2.75, 3.05) is 0 Å². The fourth-order valence-electron chi connectivity index (χ4n) is 2.37. The average Bonchev–Trinajstić information content (AvgIpc) is 2.92. The van der Waals surface area contributed by atoms with Crippen LogP contribution in [0.3, 0.4) is 0 Å². The summed E-state index contributed by atoms with van der Waals surface area (Å²) in [6, 6.07) is 17.4. The summed E-state index contributed by atoms with van der Waals surface area (Å²) in [5.74, 6) is 0. The van der Waals surface area contributed by atoms with Crippen LogP contribution in [-0.4, -0.2) is 9.38 Å². The molecule has 20 heavy (non-hydrogen) atoms. The highest BCUT2D eigenvalue weighted by molar-refractivity contribution is 7.15. The molecule has 0 aliphatic heterocycles. The number of para-hydroxylation sites is 1. The zero-order valence-electron chi connectivity index (χ0n) is 10.5. The highest BCUT2D eigenvalue weighted by Crippen LogP contribution is 2.24. The quantitative estimate of drug-likeness (QED) is 0.533. The Kier molecular flexibility index (Phi) is 2.44. The fourth-order valence-corrected chi connectivity index (χ4v) is 3.27. The molecule has 0 radical (unpaired) electrons. The van der Waals surface area contributed by atoms with Crippen molar-refractivity contribution in [2.45, 2.75) is 0 Å². The van der Waals surface area contributed by atoms with E-state index >= 15 is 0 Å². The Bertz CT molecular complexity index is 970. The first-order chi connectivity index (χ1) is 9.84. The summed E-state index contributed by atoms with van der Waals surface area (Å²) in [4.78, 5) is 18.0. The lowest BCUT2D eigenvalue weighted by Crippen LogP contribution is -2.14.